The molecule has 1 aromatic heterocycles. The number of carbonyl (C=O) groups excluding carboxylic acids is 1. The monoisotopic (exact) mass is 326 g/mol. The lowest BCUT2D eigenvalue weighted by Crippen LogP contribution is -2.34. The highest BCUT2D eigenvalue weighted by atomic mass is 16.5. The van der Waals surface area contributed by atoms with E-state index >= 15 is 0 Å². The van der Waals surface area contributed by atoms with Crippen molar-refractivity contribution in [2.45, 2.75) is 65.5 Å². The van der Waals surface area contributed by atoms with Crippen LogP contribution in [0.2, 0.25) is 0 Å². The van der Waals surface area contributed by atoms with E-state index in [4.69, 9.17) is 4.52 Å². The van der Waals surface area contributed by atoms with Crippen LogP contribution in [0.4, 0.5) is 0 Å². The number of nitrogens with zero attached hydrogens (tertiary/aromatic N) is 2. The predicted octanol–water partition coefficient (Wildman–Crippen LogP) is 4.15. The number of benzene rings is 1. The van der Waals surface area contributed by atoms with Gasteiger partial charge < -0.3 is 9.42 Å². The fraction of sp³-hybridized carbons (Fsp3) is 0.500. The third-order valence-electron chi connectivity index (χ3n) is 4.82. The molecule has 1 aromatic carbocycles. The molecule has 1 fully saturated rings. The van der Waals surface area contributed by atoms with Crippen molar-refractivity contribution < 1.29 is 9.32 Å². The number of amides is 1. The third kappa shape index (κ3) is 3.69. The van der Waals surface area contributed by atoms with E-state index in [0.29, 0.717) is 24.9 Å². The Morgan fingerprint density at radius 2 is 1.92 bits per heavy atom. The minimum absolute atomic E-state index is 0.167. The molecule has 1 saturated carbocycles. The van der Waals surface area contributed by atoms with Crippen molar-refractivity contribution in [1.29, 1.82) is 0 Å². The van der Waals surface area contributed by atoms with Crippen LogP contribution in [0.25, 0.3) is 0 Å². The zero-order valence-corrected chi connectivity index (χ0v) is 15.0. The highest BCUT2D eigenvalue weighted by Gasteiger charge is 2.33. The maximum atomic E-state index is 12.8. The molecule has 24 heavy (non-hydrogen) atoms. The van der Waals surface area contributed by atoms with Crippen LogP contribution < -0.4 is 0 Å². The van der Waals surface area contributed by atoms with Crippen molar-refractivity contribution in [3.63, 3.8) is 0 Å². The van der Waals surface area contributed by atoms with Gasteiger partial charge in [0, 0.05) is 18.2 Å². The Kier molecular flexibility index (Phi) is 4.74. The van der Waals surface area contributed by atoms with Gasteiger partial charge in [0.25, 0.3) is 0 Å². The summed E-state index contributed by atoms with van der Waals surface area (Å²) in [6, 6.07) is 9.03. The molecule has 0 radical (unpaired) electrons. The Morgan fingerprint density at radius 3 is 2.42 bits per heavy atom. The number of hydrogen-bond donors (Lipinski definition) is 0. The van der Waals surface area contributed by atoms with Crippen molar-refractivity contribution in [3.8, 4) is 0 Å². The van der Waals surface area contributed by atoms with Gasteiger partial charge in [-0.1, -0.05) is 43.3 Å². The summed E-state index contributed by atoms with van der Waals surface area (Å²) >= 11 is 0. The molecular weight excluding hydrogens is 300 g/mol. The number of carbonyl (C=O) groups is 1. The summed E-state index contributed by atoms with van der Waals surface area (Å²) in [6.07, 6.45) is 2.59. The first-order chi connectivity index (χ1) is 11.5. The Bertz CT molecular complexity index is 692. The zero-order chi connectivity index (χ0) is 17.3. The molecule has 2 aromatic rings. The van der Waals surface area contributed by atoms with Gasteiger partial charge >= 0.3 is 0 Å². The van der Waals surface area contributed by atoms with Crippen LogP contribution in [0.3, 0.4) is 0 Å². The van der Waals surface area contributed by atoms with Gasteiger partial charge in [-0.2, -0.15) is 0 Å². The Labute approximate surface area is 143 Å². The van der Waals surface area contributed by atoms with Crippen molar-refractivity contribution in [1.82, 2.24) is 10.1 Å². The maximum absolute atomic E-state index is 12.8. The van der Waals surface area contributed by atoms with E-state index in [1.54, 1.807) is 0 Å². The second-order valence-corrected chi connectivity index (χ2v) is 7.13. The molecule has 0 spiro atoms. The molecule has 0 bridgehead atoms. The first-order valence-corrected chi connectivity index (χ1v) is 8.75. The summed E-state index contributed by atoms with van der Waals surface area (Å²) in [5, 5.41) is 3.95. The molecule has 4 heteroatoms. The lowest BCUT2D eigenvalue weighted by Gasteiger charge is -2.23. The van der Waals surface area contributed by atoms with Crippen LogP contribution in [0.1, 0.15) is 60.8 Å². The van der Waals surface area contributed by atoms with Crippen molar-refractivity contribution >= 4 is 5.91 Å². The van der Waals surface area contributed by atoms with Crippen LogP contribution in [-0.2, 0) is 17.8 Å². The summed E-state index contributed by atoms with van der Waals surface area (Å²) in [5.74, 6) is 1.44. The smallest absolute Gasteiger partial charge is 0.227 e. The van der Waals surface area contributed by atoms with Crippen molar-refractivity contribution in [3.05, 3.63) is 52.4 Å². The van der Waals surface area contributed by atoms with Crippen molar-refractivity contribution in [2.24, 2.45) is 0 Å². The van der Waals surface area contributed by atoms with Gasteiger partial charge in [0.15, 0.2) is 0 Å². The van der Waals surface area contributed by atoms with Crippen LogP contribution in [0.15, 0.2) is 28.8 Å². The summed E-state index contributed by atoms with van der Waals surface area (Å²) < 4.78 is 5.19. The Balaban J connectivity index is 1.71. The standard InChI is InChI=1S/C20H26N2O2/c1-13(2)17-7-5-16(6-8-17)12-22(18-9-10-18)20(23)11-19-14(3)21-24-15(19)4/h5-8,13,18H,9-12H2,1-4H3. The topological polar surface area (TPSA) is 46.3 Å². The highest BCUT2D eigenvalue weighted by Crippen LogP contribution is 2.30. The molecule has 1 heterocycles. The first kappa shape index (κ1) is 16.7. The molecule has 0 N–H and O–H groups in total. The third-order valence-corrected chi connectivity index (χ3v) is 4.82. The van der Waals surface area contributed by atoms with E-state index in [-0.39, 0.29) is 5.91 Å². The van der Waals surface area contributed by atoms with Crippen LogP contribution in [0, 0.1) is 13.8 Å². The fourth-order valence-electron chi connectivity index (χ4n) is 3.02. The second kappa shape index (κ2) is 6.80. The quantitative estimate of drug-likeness (QED) is 0.801. The van der Waals surface area contributed by atoms with Gasteiger partial charge in [-0.05, 0) is 43.7 Å². The van der Waals surface area contributed by atoms with E-state index in [0.717, 1.165) is 29.9 Å². The Morgan fingerprint density at radius 1 is 1.25 bits per heavy atom. The largest absolute Gasteiger partial charge is 0.361 e. The van der Waals surface area contributed by atoms with Gasteiger partial charge in [-0.15, -0.1) is 0 Å². The predicted molar refractivity (Wildman–Crippen MR) is 93.8 cm³/mol. The molecule has 3 rings (SSSR count). The number of aromatic nitrogens is 1. The lowest BCUT2D eigenvalue weighted by molar-refractivity contribution is -0.131. The fourth-order valence-corrected chi connectivity index (χ4v) is 3.02. The van der Waals surface area contributed by atoms with E-state index in [9.17, 15) is 4.79 Å². The van der Waals surface area contributed by atoms with Gasteiger partial charge in [0.1, 0.15) is 5.76 Å². The molecular formula is C20H26N2O2. The number of rotatable bonds is 6. The summed E-state index contributed by atoms with van der Waals surface area (Å²) in [5.41, 5.74) is 4.27. The van der Waals surface area contributed by atoms with Gasteiger partial charge in [-0.3, -0.25) is 4.79 Å². The van der Waals surface area contributed by atoms with Crippen LogP contribution >= 0.6 is 0 Å². The normalized spacial score (nSPS) is 14.2. The first-order valence-electron chi connectivity index (χ1n) is 8.75. The molecule has 1 aliphatic carbocycles. The summed E-state index contributed by atoms with van der Waals surface area (Å²) in [7, 11) is 0. The van der Waals surface area contributed by atoms with Gasteiger partial charge in [0.05, 0.1) is 12.1 Å². The maximum Gasteiger partial charge on any atom is 0.227 e. The molecule has 4 nitrogen and oxygen atoms in total. The molecule has 0 aliphatic heterocycles. The Hall–Kier alpha value is -2.10. The van der Waals surface area contributed by atoms with E-state index in [1.165, 1.54) is 11.1 Å². The van der Waals surface area contributed by atoms with E-state index < -0.39 is 0 Å². The van der Waals surface area contributed by atoms with Crippen LogP contribution in [-0.4, -0.2) is 22.0 Å². The van der Waals surface area contributed by atoms with E-state index in [1.807, 2.05) is 18.7 Å². The highest BCUT2D eigenvalue weighted by molar-refractivity contribution is 5.79. The second-order valence-electron chi connectivity index (χ2n) is 7.13. The van der Waals surface area contributed by atoms with Gasteiger partial charge in [-0.25, -0.2) is 0 Å². The molecule has 1 amide bonds. The molecule has 0 unspecified atom stereocenters. The SMILES string of the molecule is Cc1noc(C)c1CC(=O)N(Cc1ccc(C(C)C)cc1)C1CC1. The molecule has 128 valence electrons. The molecule has 1 aliphatic rings. The van der Waals surface area contributed by atoms with Crippen molar-refractivity contribution in [2.75, 3.05) is 0 Å². The molecule has 0 saturated heterocycles. The van der Waals surface area contributed by atoms with E-state index in [2.05, 4.69) is 43.3 Å². The minimum Gasteiger partial charge on any atom is -0.361 e. The summed E-state index contributed by atoms with van der Waals surface area (Å²) in [4.78, 5) is 14.9. The lowest BCUT2D eigenvalue weighted by atomic mass is 10.0. The number of hydrogen-bond acceptors (Lipinski definition) is 3. The van der Waals surface area contributed by atoms with Crippen LogP contribution in [0.5, 0.6) is 0 Å². The number of aryl methyl sites for hydroxylation is 2. The average molecular weight is 326 g/mol. The zero-order valence-electron chi connectivity index (χ0n) is 15.0. The summed E-state index contributed by atoms with van der Waals surface area (Å²) in [6.45, 7) is 8.84. The minimum atomic E-state index is 0.167. The van der Waals surface area contributed by atoms with Gasteiger partial charge in [0.2, 0.25) is 5.91 Å². The average Bonchev–Trinajstić information content (AvgIpc) is 3.35. The molecule has 0 atom stereocenters.